The summed E-state index contributed by atoms with van der Waals surface area (Å²) >= 11 is 0. The fourth-order valence-corrected chi connectivity index (χ4v) is 2.55. The highest BCUT2D eigenvalue weighted by molar-refractivity contribution is 5.89. The molecule has 2 aromatic rings. The number of terminal acetylenes is 1. The van der Waals surface area contributed by atoms with Crippen molar-refractivity contribution in [2.75, 3.05) is 23.4 Å². The summed E-state index contributed by atoms with van der Waals surface area (Å²) in [6.45, 7) is 5.53. The minimum absolute atomic E-state index is 0.112. The first kappa shape index (κ1) is 22.6. The molecule has 0 aliphatic carbocycles. The van der Waals surface area contributed by atoms with Gasteiger partial charge in [-0.05, 0) is 56.2 Å². The second-order valence-electron chi connectivity index (χ2n) is 7.63. The molecule has 6 nitrogen and oxygen atoms in total. The molecule has 2 amide bonds. The summed E-state index contributed by atoms with van der Waals surface area (Å²) in [5, 5.41) is 9.01. The molecule has 0 spiro atoms. The summed E-state index contributed by atoms with van der Waals surface area (Å²) in [6, 6.07) is 14.6. The van der Waals surface area contributed by atoms with Crippen LogP contribution in [0.2, 0.25) is 0 Å². The Morgan fingerprint density at radius 1 is 1.00 bits per heavy atom. The third-order valence-electron chi connectivity index (χ3n) is 4.10. The van der Waals surface area contributed by atoms with Crippen molar-refractivity contribution in [2.24, 2.45) is 0 Å². The van der Waals surface area contributed by atoms with Crippen LogP contribution in [0.3, 0.4) is 0 Å². The van der Waals surface area contributed by atoms with Crippen molar-refractivity contribution in [3.8, 4) is 12.3 Å². The molecule has 0 unspecified atom stereocenters. The Hall–Kier alpha value is -3.72. The molecule has 0 radical (unpaired) electrons. The number of hydrogen-bond donors (Lipinski definition) is 1. The third kappa shape index (κ3) is 6.42. The first-order chi connectivity index (χ1) is 14.1. The van der Waals surface area contributed by atoms with Crippen LogP contribution < -0.4 is 9.80 Å². The topological polar surface area (TPSA) is 70.1 Å². The molecule has 0 fully saturated rings. The maximum atomic E-state index is 12.4. The van der Waals surface area contributed by atoms with E-state index < -0.39 is 17.8 Å². The minimum Gasteiger partial charge on any atom is -0.465 e. The van der Waals surface area contributed by atoms with E-state index in [-0.39, 0.29) is 6.54 Å². The van der Waals surface area contributed by atoms with Crippen molar-refractivity contribution in [3.05, 3.63) is 59.7 Å². The zero-order valence-electron chi connectivity index (χ0n) is 17.6. The molecule has 0 aliphatic heterocycles. The van der Waals surface area contributed by atoms with E-state index >= 15 is 0 Å². The fraction of sp³-hybridized carbons (Fsp3) is 0.250. The van der Waals surface area contributed by atoms with Crippen LogP contribution in [-0.2, 0) is 4.74 Å². The van der Waals surface area contributed by atoms with Gasteiger partial charge in [0.25, 0.3) is 0 Å². The van der Waals surface area contributed by atoms with E-state index in [0.717, 1.165) is 16.0 Å². The molecule has 0 aliphatic rings. The Bertz CT molecular complexity index is 949. The van der Waals surface area contributed by atoms with E-state index in [0.29, 0.717) is 11.4 Å². The van der Waals surface area contributed by atoms with Crippen molar-refractivity contribution >= 4 is 35.7 Å². The molecule has 2 rings (SSSR count). The lowest BCUT2D eigenvalue weighted by Crippen LogP contribution is -2.37. The highest BCUT2D eigenvalue weighted by Gasteiger charge is 2.22. The normalized spacial score (nSPS) is 11.0. The zero-order chi connectivity index (χ0) is 22.3. The van der Waals surface area contributed by atoms with Crippen LogP contribution >= 0.6 is 0 Å². The SMILES string of the molecule is C#CCN(C(=O)OC(C)(C)C)c1ccc(C=Cc2ccc(N(C)C(=O)O)cc2)cc1. The van der Waals surface area contributed by atoms with Gasteiger partial charge in [-0.1, -0.05) is 42.3 Å². The van der Waals surface area contributed by atoms with Crippen LogP contribution in [0.5, 0.6) is 0 Å². The molecule has 30 heavy (non-hydrogen) atoms. The molecule has 0 atom stereocenters. The summed E-state index contributed by atoms with van der Waals surface area (Å²) in [7, 11) is 1.50. The van der Waals surface area contributed by atoms with E-state index in [4.69, 9.17) is 16.3 Å². The Kier molecular flexibility index (Phi) is 7.27. The van der Waals surface area contributed by atoms with E-state index in [1.165, 1.54) is 11.9 Å². The lowest BCUT2D eigenvalue weighted by Gasteiger charge is -2.26. The van der Waals surface area contributed by atoms with Gasteiger partial charge in [0.2, 0.25) is 0 Å². The van der Waals surface area contributed by atoms with Crippen molar-refractivity contribution in [1.29, 1.82) is 0 Å². The van der Waals surface area contributed by atoms with Gasteiger partial charge in [0.1, 0.15) is 5.60 Å². The van der Waals surface area contributed by atoms with Gasteiger partial charge in [-0.3, -0.25) is 9.80 Å². The number of amides is 2. The molecule has 0 aromatic heterocycles. The fourth-order valence-electron chi connectivity index (χ4n) is 2.55. The van der Waals surface area contributed by atoms with Gasteiger partial charge in [-0.15, -0.1) is 6.42 Å². The van der Waals surface area contributed by atoms with Crippen LogP contribution in [0.1, 0.15) is 31.9 Å². The van der Waals surface area contributed by atoms with Gasteiger partial charge in [0.05, 0.1) is 6.54 Å². The van der Waals surface area contributed by atoms with Crippen LogP contribution in [-0.4, -0.2) is 36.5 Å². The molecule has 1 N–H and O–H groups in total. The largest absolute Gasteiger partial charge is 0.465 e. The minimum atomic E-state index is -1.01. The number of benzene rings is 2. The smallest absolute Gasteiger partial charge is 0.415 e. The number of ether oxygens (including phenoxy) is 1. The predicted octanol–water partition coefficient (Wildman–Crippen LogP) is 5.35. The van der Waals surface area contributed by atoms with E-state index in [2.05, 4.69) is 5.92 Å². The standard InChI is InChI=1S/C24H26N2O4/c1-6-17-26(23(29)30-24(2,3)4)21-15-11-19(12-16-21)8-7-18-9-13-20(14-10-18)25(5)22(27)28/h1,7-16H,17H2,2-5H3,(H,27,28). The zero-order valence-corrected chi connectivity index (χ0v) is 17.6. The van der Waals surface area contributed by atoms with Crippen LogP contribution in [0, 0.1) is 12.3 Å². The quantitative estimate of drug-likeness (QED) is 0.537. The Labute approximate surface area is 177 Å². The monoisotopic (exact) mass is 406 g/mol. The molecular formula is C24H26N2O4. The summed E-state index contributed by atoms with van der Waals surface area (Å²) < 4.78 is 5.42. The van der Waals surface area contributed by atoms with Crippen molar-refractivity contribution in [2.45, 2.75) is 26.4 Å². The second kappa shape index (κ2) is 9.66. The molecule has 0 saturated carbocycles. The van der Waals surface area contributed by atoms with Gasteiger partial charge in [0, 0.05) is 18.4 Å². The van der Waals surface area contributed by atoms with Gasteiger partial charge >= 0.3 is 12.2 Å². The van der Waals surface area contributed by atoms with Crippen molar-refractivity contribution in [1.82, 2.24) is 0 Å². The summed E-state index contributed by atoms with van der Waals surface area (Å²) in [5.41, 5.74) is 2.52. The summed E-state index contributed by atoms with van der Waals surface area (Å²) in [6.07, 6.45) is 7.76. The maximum absolute atomic E-state index is 12.4. The number of hydrogen-bond acceptors (Lipinski definition) is 3. The predicted molar refractivity (Wildman–Crippen MR) is 121 cm³/mol. The average molecular weight is 406 g/mol. The Morgan fingerprint density at radius 2 is 1.47 bits per heavy atom. The van der Waals surface area contributed by atoms with Gasteiger partial charge < -0.3 is 9.84 Å². The molecular weight excluding hydrogens is 380 g/mol. The van der Waals surface area contributed by atoms with Gasteiger partial charge in [-0.25, -0.2) is 9.59 Å². The van der Waals surface area contributed by atoms with E-state index in [1.807, 2.05) is 48.6 Å². The van der Waals surface area contributed by atoms with Gasteiger partial charge in [0.15, 0.2) is 0 Å². The highest BCUT2D eigenvalue weighted by atomic mass is 16.6. The molecule has 0 saturated heterocycles. The van der Waals surface area contributed by atoms with E-state index in [1.54, 1.807) is 32.9 Å². The number of rotatable bonds is 5. The average Bonchev–Trinajstić information content (AvgIpc) is 2.69. The lowest BCUT2D eigenvalue weighted by molar-refractivity contribution is 0.0585. The van der Waals surface area contributed by atoms with E-state index in [9.17, 15) is 9.59 Å². The molecule has 6 heteroatoms. The van der Waals surface area contributed by atoms with Crippen LogP contribution in [0.4, 0.5) is 21.0 Å². The van der Waals surface area contributed by atoms with Gasteiger partial charge in [-0.2, -0.15) is 0 Å². The van der Waals surface area contributed by atoms with Crippen LogP contribution in [0.25, 0.3) is 12.2 Å². The number of nitrogens with zero attached hydrogens (tertiary/aromatic N) is 2. The molecule has 2 aromatic carbocycles. The van der Waals surface area contributed by atoms with Crippen molar-refractivity contribution < 1.29 is 19.4 Å². The first-order valence-electron chi connectivity index (χ1n) is 9.39. The number of carboxylic acid groups (broad SMARTS) is 1. The maximum Gasteiger partial charge on any atom is 0.415 e. The van der Waals surface area contributed by atoms with Crippen molar-refractivity contribution in [3.63, 3.8) is 0 Å². The summed E-state index contributed by atoms with van der Waals surface area (Å²) in [5.74, 6) is 2.48. The molecule has 0 bridgehead atoms. The Morgan fingerprint density at radius 3 is 1.87 bits per heavy atom. The first-order valence-corrected chi connectivity index (χ1v) is 9.39. The number of carbonyl (C=O) groups is 2. The molecule has 0 heterocycles. The lowest BCUT2D eigenvalue weighted by atomic mass is 10.1. The third-order valence-corrected chi connectivity index (χ3v) is 4.10. The highest BCUT2D eigenvalue weighted by Crippen LogP contribution is 2.20. The van der Waals surface area contributed by atoms with Crippen LogP contribution in [0.15, 0.2) is 48.5 Å². The summed E-state index contributed by atoms with van der Waals surface area (Å²) in [4.78, 5) is 26.0. The number of anilines is 2. The second-order valence-corrected chi connectivity index (χ2v) is 7.63. The molecule has 156 valence electrons. The number of carbonyl (C=O) groups excluding carboxylic acids is 1. The Balaban J connectivity index is 2.11.